The number of furan rings is 1. The molecule has 0 saturated heterocycles. The Kier molecular flexibility index (Phi) is 4.15. The highest BCUT2D eigenvalue weighted by molar-refractivity contribution is 5.82. The quantitative estimate of drug-likeness (QED) is 0.384. The zero-order valence-electron chi connectivity index (χ0n) is 16.6. The lowest BCUT2D eigenvalue weighted by molar-refractivity contribution is 0.589. The molecule has 0 unspecified atom stereocenters. The summed E-state index contributed by atoms with van der Waals surface area (Å²) in [6.45, 7) is 10.9. The van der Waals surface area contributed by atoms with Crippen LogP contribution in [0.25, 0.3) is 33.7 Å². The van der Waals surface area contributed by atoms with Gasteiger partial charge in [-0.3, -0.25) is 0 Å². The number of nitrogens with zero attached hydrogens (tertiary/aromatic N) is 1. The van der Waals surface area contributed by atoms with Crippen molar-refractivity contribution in [3.63, 3.8) is 0 Å². The first-order valence-electron chi connectivity index (χ1n) is 9.40. The third kappa shape index (κ3) is 3.52. The molecular formula is C25H25NO. The minimum absolute atomic E-state index is 0.148. The first-order valence-corrected chi connectivity index (χ1v) is 9.40. The van der Waals surface area contributed by atoms with Crippen LogP contribution in [0, 0.1) is 13.8 Å². The lowest BCUT2D eigenvalue weighted by Crippen LogP contribution is -2.10. The molecule has 0 radical (unpaired) electrons. The molecule has 2 heteroatoms. The van der Waals surface area contributed by atoms with Crippen molar-refractivity contribution in [3.8, 4) is 22.6 Å². The van der Waals surface area contributed by atoms with Crippen molar-refractivity contribution < 1.29 is 4.42 Å². The molecule has 2 aromatic heterocycles. The van der Waals surface area contributed by atoms with Crippen molar-refractivity contribution in [2.75, 3.05) is 0 Å². The molecule has 0 amide bonds. The topological polar surface area (TPSA) is 26.0 Å². The van der Waals surface area contributed by atoms with Crippen LogP contribution < -0.4 is 0 Å². The van der Waals surface area contributed by atoms with Crippen LogP contribution in [0.3, 0.4) is 0 Å². The molecule has 0 saturated carbocycles. The van der Waals surface area contributed by atoms with E-state index < -0.39 is 0 Å². The normalized spacial score (nSPS) is 11.9. The summed E-state index contributed by atoms with van der Waals surface area (Å²) in [5, 5.41) is 1.03. The fourth-order valence-electron chi connectivity index (χ4n) is 3.48. The van der Waals surface area contributed by atoms with Gasteiger partial charge < -0.3 is 4.42 Å². The fourth-order valence-corrected chi connectivity index (χ4v) is 3.48. The molecule has 0 aliphatic rings. The Bertz CT molecular complexity index is 1090. The SMILES string of the molecule is Cc1cc(C)cc(-c2ccc3cc(-c4ccc(C(C)(C)C)cc4)oc3n2)c1. The van der Waals surface area contributed by atoms with E-state index in [2.05, 4.69) is 95.3 Å². The number of benzene rings is 2. The van der Waals surface area contributed by atoms with Crippen LogP contribution in [0.5, 0.6) is 0 Å². The second-order valence-electron chi connectivity index (χ2n) is 8.41. The predicted octanol–water partition coefficient (Wildman–Crippen LogP) is 7.08. The van der Waals surface area contributed by atoms with Gasteiger partial charge in [-0.25, -0.2) is 4.98 Å². The Labute approximate surface area is 160 Å². The molecule has 0 N–H and O–H groups in total. The number of pyridine rings is 1. The Balaban J connectivity index is 1.72. The third-order valence-electron chi connectivity index (χ3n) is 4.94. The number of aryl methyl sites for hydroxylation is 2. The van der Waals surface area contributed by atoms with Crippen LogP contribution in [0.15, 0.2) is 65.1 Å². The first kappa shape index (κ1) is 17.5. The van der Waals surface area contributed by atoms with Gasteiger partial charge in [0.2, 0.25) is 5.71 Å². The standard InChI is InChI=1S/C25H25NO/c1-16-12-17(2)14-20(13-16)22-11-8-19-15-23(27-24(19)26-22)18-6-9-21(10-7-18)25(3,4)5/h6-15H,1-5H3. The number of fused-ring (bicyclic) bond motifs is 1. The van der Waals surface area contributed by atoms with E-state index >= 15 is 0 Å². The fraction of sp³-hybridized carbons (Fsp3) is 0.240. The molecule has 2 aromatic carbocycles. The minimum atomic E-state index is 0.148. The van der Waals surface area contributed by atoms with Crippen molar-refractivity contribution in [1.82, 2.24) is 4.98 Å². The number of hydrogen-bond acceptors (Lipinski definition) is 2. The van der Waals surface area contributed by atoms with Crippen molar-refractivity contribution in [1.29, 1.82) is 0 Å². The summed E-state index contributed by atoms with van der Waals surface area (Å²) in [6, 6.07) is 21.3. The van der Waals surface area contributed by atoms with Gasteiger partial charge in [0.05, 0.1) is 5.69 Å². The van der Waals surface area contributed by atoms with Crippen LogP contribution in [0.4, 0.5) is 0 Å². The molecular weight excluding hydrogens is 330 g/mol. The van der Waals surface area contributed by atoms with Gasteiger partial charge in [0.1, 0.15) is 5.76 Å². The lowest BCUT2D eigenvalue weighted by Gasteiger charge is -2.18. The van der Waals surface area contributed by atoms with Crippen molar-refractivity contribution in [2.45, 2.75) is 40.0 Å². The van der Waals surface area contributed by atoms with Gasteiger partial charge >= 0.3 is 0 Å². The molecule has 0 spiro atoms. The Hall–Kier alpha value is -2.87. The molecule has 4 aromatic rings. The maximum atomic E-state index is 6.09. The van der Waals surface area contributed by atoms with E-state index in [4.69, 9.17) is 9.40 Å². The second kappa shape index (κ2) is 6.38. The van der Waals surface area contributed by atoms with Gasteiger partial charge in [-0.05, 0) is 55.2 Å². The van der Waals surface area contributed by atoms with Crippen LogP contribution in [-0.4, -0.2) is 4.98 Å². The van der Waals surface area contributed by atoms with Crippen molar-refractivity contribution >= 4 is 11.1 Å². The molecule has 27 heavy (non-hydrogen) atoms. The van der Waals surface area contributed by atoms with Gasteiger partial charge in [-0.1, -0.05) is 62.2 Å². The highest BCUT2D eigenvalue weighted by Gasteiger charge is 2.14. The highest BCUT2D eigenvalue weighted by Crippen LogP contribution is 2.31. The van der Waals surface area contributed by atoms with Gasteiger partial charge in [0.25, 0.3) is 0 Å². The Morgan fingerprint density at radius 3 is 2.04 bits per heavy atom. The monoisotopic (exact) mass is 355 g/mol. The smallest absolute Gasteiger partial charge is 0.227 e. The Morgan fingerprint density at radius 2 is 1.41 bits per heavy atom. The van der Waals surface area contributed by atoms with Gasteiger partial charge in [-0.15, -0.1) is 0 Å². The molecule has 0 atom stereocenters. The van der Waals surface area contributed by atoms with E-state index in [1.54, 1.807) is 0 Å². The molecule has 0 aliphatic heterocycles. The summed E-state index contributed by atoms with van der Waals surface area (Å²) in [4.78, 5) is 4.76. The zero-order chi connectivity index (χ0) is 19.2. The summed E-state index contributed by atoms with van der Waals surface area (Å²) in [7, 11) is 0. The van der Waals surface area contributed by atoms with Gasteiger partial charge in [-0.2, -0.15) is 0 Å². The molecule has 2 heterocycles. The van der Waals surface area contributed by atoms with Gasteiger partial charge in [0.15, 0.2) is 0 Å². The van der Waals surface area contributed by atoms with Gasteiger partial charge in [0, 0.05) is 16.5 Å². The van der Waals surface area contributed by atoms with E-state index in [9.17, 15) is 0 Å². The highest BCUT2D eigenvalue weighted by atomic mass is 16.3. The van der Waals surface area contributed by atoms with Crippen molar-refractivity contribution in [2.24, 2.45) is 0 Å². The largest absolute Gasteiger partial charge is 0.438 e. The molecule has 2 nitrogen and oxygen atoms in total. The average Bonchev–Trinajstić information content (AvgIpc) is 3.03. The van der Waals surface area contributed by atoms with Crippen LogP contribution in [-0.2, 0) is 5.41 Å². The zero-order valence-corrected chi connectivity index (χ0v) is 16.6. The van der Waals surface area contributed by atoms with E-state index in [0.717, 1.165) is 28.0 Å². The maximum Gasteiger partial charge on any atom is 0.227 e. The van der Waals surface area contributed by atoms with Crippen LogP contribution in [0.1, 0.15) is 37.5 Å². The summed E-state index contributed by atoms with van der Waals surface area (Å²) >= 11 is 0. The van der Waals surface area contributed by atoms with E-state index in [1.807, 2.05) is 0 Å². The summed E-state index contributed by atoms with van der Waals surface area (Å²) in [6.07, 6.45) is 0. The summed E-state index contributed by atoms with van der Waals surface area (Å²) in [5.41, 5.74) is 7.78. The second-order valence-corrected chi connectivity index (χ2v) is 8.41. The summed E-state index contributed by atoms with van der Waals surface area (Å²) in [5.74, 6) is 0.857. The first-order chi connectivity index (χ1) is 12.8. The van der Waals surface area contributed by atoms with E-state index in [1.165, 1.54) is 16.7 Å². The number of hydrogen-bond donors (Lipinski definition) is 0. The maximum absolute atomic E-state index is 6.09. The third-order valence-corrected chi connectivity index (χ3v) is 4.94. The van der Waals surface area contributed by atoms with Crippen LogP contribution in [0.2, 0.25) is 0 Å². The van der Waals surface area contributed by atoms with E-state index in [-0.39, 0.29) is 5.41 Å². The predicted molar refractivity (Wildman–Crippen MR) is 113 cm³/mol. The van der Waals surface area contributed by atoms with Crippen molar-refractivity contribution in [3.05, 3.63) is 77.4 Å². The number of aromatic nitrogens is 1. The molecule has 4 rings (SSSR count). The molecule has 136 valence electrons. The summed E-state index contributed by atoms with van der Waals surface area (Å²) < 4.78 is 6.09. The van der Waals surface area contributed by atoms with E-state index in [0.29, 0.717) is 5.71 Å². The molecule has 0 fully saturated rings. The molecule has 0 aliphatic carbocycles. The molecule has 0 bridgehead atoms. The average molecular weight is 355 g/mol. The Morgan fingerprint density at radius 1 is 0.741 bits per heavy atom. The van der Waals surface area contributed by atoms with Crippen LogP contribution >= 0.6 is 0 Å². The minimum Gasteiger partial charge on any atom is -0.438 e. The number of rotatable bonds is 2. The lowest BCUT2D eigenvalue weighted by atomic mass is 9.86.